The fourth-order valence-electron chi connectivity index (χ4n) is 4.49. The summed E-state index contributed by atoms with van der Waals surface area (Å²) in [7, 11) is 0.207. The van der Waals surface area contributed by atoms with Gasteiger partial charge in [-0.05, 0) is 82.1 Å². The van der Waals surface area contributed by atoms with Gasteiger partial charge in [0.25, 0.3) is 10.0 Å². The first-order valence-corrected chi connectivity index (χ1v) is 13.4. The second kappa shape index (κ2) is 10.7. The number of anilines is 1. The molecule has 0 aliphatic heterocycles. The largest absolute Gasteiger partial charge is 0.473 e. The molecule has 3 atom stereocenters. The van der Waals surface area contributed by atoms with E-state index in [2.05, 4.69) is 24.6 Å². The molecule has 0 bridgehead atoms. The van der Waals surface area contributed by atoms with Gasteiger partial charge in [-0.25, -0.2) is 23.4 Å². The Labute approximate surface area is 215 Å². The van der Waals surface area contributed by atoms with E-state index in [1.807, 2.05) is 26.2 Å². The topological polar surface area (TPSA) is 97.3 Å². The Bertz CT molecular complexity index is 1270. The van der Waals surface area contributed by atoms with Crippen LogP contribution in [-0.4, -0.2) is 54.5 Å². The molecule has 1 fully saturated rings. The maximum Gasteiger partial charge on any atom is 0.264 e. The lowest BCUT2D eigenvalue weighted by Crippen LogP contribution is -2.46. The molecule has 0 amide bonds. The highest BCUT2D eigenvalue weighted by molar-refractivity contribution is 7.92. The average molecular weight is 536 g/mol. The number of halogens is 2. The van der Waals surface area contributed by atoms with Crippen molar-refractivity contribution in [3.05, 3.63) is 70.2 Å². The molecule has 4 rings (SSSR count). The Balaban J connectivity index is 1.49. The summed E-state index contributed by atoms with van der Waals surface area (Å²) in [5, 5.41) is 1.27. The number of ether oxygens (including phenoxy) is 1. The Morgan fingerprint density at radius 3 is 2.46 bits per heavy atom. The first kappa shape index (κ1) is 25.6. The molecule has 1 aliphatic carbocycles. The molecule has 3 aromatic rings. The van der Waals surface area contributed by atoms with E-state index < -0.39 is 10.0 Å². The van der Waals surface area contributed by atoms with Gasteiger partial charge in [0.05, 0.1) is 5.69 Å². The summed E-state index contributed by atoms with van der Waals surface area (Å²) in [6, 6.07) is 10.4. The van der Waals surface area contributed by atoms with Crippen LogP contribution in [-0.2, 0) is 10.0 Å². The first-order chi connectivity index (χ1) is 16.6. The number of benzene rings is 1. The minimum atomic E-state index is -3.85. The van der Waals surface area contributed by atoms with Gasteiger partial charge in [-0.3, -0.25) is 4.72 Å². The summed E-state index contributed by atoms with van der Waals surface area (Å²) in [4.78, 5) is 14.4. The minimum absolute atomic E-state index is 0.0640. The molecule has 35 heavy (non-hydrogen) atoms. The van der Waals surface area contributed by atoms with E-state index in [-0.39, 0.29) is 22.9 Å². The lowest BCUT2D eigenvalue weighted by molar-refractivity contribution is 0.0512. The summed E-state index contributed by atoms with van der Waals surface area (Å²) in [5.74, 6) is 0.893. The van der Waals surface area contributed by atoms with E-state index in [0.717, 1.165) is 24.8 Å². The third kappa shape index (κ3) is 6.22. The fraction of sp³-hybridized carbons (Fsp3) is 0.375. The monoisotopic (exact) mass is 535 g/mol. The van der Waals surface area contributed by atoms with E-state index in [1.54, 1.807) is 19.1 Å². The highest BCUT2D eigenvalue weighted by Crippen LogP contribution is 2.38. The summed E-state index contributed by atoms with van der Waals surface area (Å²) in [5.41, 5.74) is 1.47. The first-order valence-electron chi connectivity index (χ1n) is 11.2. The Morgan fingerprint density at radius 2 is 1.83 bits per heavy atom. The standard InChI is InChI=1S/C24H27Cl2N5O3S/c1-15-22(35(32,33)30-23-8-9-27-14-28-23)6-7-24(29-15)34-21-5-4-16(12-20(21)31(2)3)17-10-18(25)13-19(26)11-17/h6-11,13-14,16,20-21H,4-5,12H2,1-3H3,(H,27,28,30)/t16-,20-,21-/m0/s1. The zero-order valence-corrected chi connectivity index (χ0v) is 22.0. The van der Waals surface area contributed by atoms with Gasteiger partial charge in [-0.15, -0.1) is 0 Å². The van der Waals surface area contributed by atoms with Crippen LogP contribution >= 0.6 is 23.2 Å². The number of rotatable bonds is 7. The molecule has 2 heterocycles. The van der Waals surface area contributed by atoms with Crippen LogP contribution in [0.1, 0.15) is 36.4 Å². The molecule has 186 valence electrons. The molecule has 11 heteroatoms. The predicted octanol–water partition coefficient (Wildman–Crippen LogP) is 4.93. The van der Waals surface area contributed by atoms with Gasteiger partial charge >= 0.3 is 0 Å². The number of aryl methyl sites for hydroxylation is 1. The van der Waals surface area contributed by atoms with Gasteiger partial charge in [-0.2, -0.15) is 0 Å². The number of aromatic nitrogens is 3. The van der Waals surface area contributed by atoms with Crippen LogP contribution in [0.3, 0.4) is 0 Å². The summed E-state index contributed by atoms with van der Waals surface area (Å²) >= 11 is 12.5. The van der Waals surface area contributed by atoms with E-state index in [9.17, 15) is 8.42 Å². The van der Waals surface area contributed by atoms with Crippen LogP contribution in [0.15, 0.2) is 53.8 Å². The van der Waals surface area contributed by atoms with Gasteiger partial charge in [0.2, 0.25) is 5.88 Å². The van der Waals surface area contributed by atoms with Gasteiger partial charge in [0.1, 0.15) is 23.1 Å². The van der Waals surface area contributed by atoms with Crippen molar-refractivity contribution in [2.45, 2.75) is 49.1 Å². The lowest BCUT2D eigenvalue weighted by atomic mass is 9.79. The predicted molar refractivity (Wildman–Crippen MR) is 137 cm³/mol. The molecule has 1 N–H and O–H groups in total. The third-order valence-corrected chi connectivity index (χ3v) is 8.09. The van der Waals surface area contributed by atoms with E-state index >= 15 is 0 Å². The van der Waals surface area contributed by atoms with Crippen LogP contribution in [0.2, 0.25) is 10.0 Å². The van der Waals surface area contributed by atoms with E-state index in [4.69, 9.17) is 27.9 Å². The number of hydrogen-bond acceptors (Lipinski definition) is 7. The van der Waals surface area contributed by atoms with Gasteiger partial charge in [0.15, 0.2) is 0 Å². The Kier molecular flexibility index (Phi) is 7.80. The molecule has 0 radical (unpaired) electrons. The molecule has 1 saturated carbocycles. The van der Waals surface area contributed by atoms with Crippen molar-refractivity contribution >= 4 is 39.0 Å². The number of likely N-dealkylation sites (N-methyl/N-ethyl adjacent to an activating group) is 1. The Morgan fingerprint density at radius 1 is 1.09 bits per heavy atom. The molecular formula is C24H27Cl2N5O3S. The molecular weight excluding hydrogens is 509 g/mol. The number of hydrogen-bond donors (Lipinski definition) is 1. The smallest absolute Gasteiger partial charge is 0.264 e. The summed E-state index contributed by atoms with van der Waals surface area (Å²) in [6.45, 7) is 1.64. The van der Waals surface area contributed by atoms with Crippen LogP contribution in [0, 0.1) is 6.92 Å². The van der Waals surface area contributed by atoms with Crippen molar-refractivity contribution in [2.24, 2.45) is 0 Å². The highest BCUT2D eigenvalue weighted by atomic mass is 35.5. The molecule has 8 nitrogen and oxygen atoms in total. The zero-order chi connectivity index (χ0) is 25.2. The van der Waals surface area contributed by atoms with Gasteiger partial charge in [-0.1, -0.05) is 23.2 Å². The molecule has 2 aromatic heterocycles. The fourth-order valence-corrected chi connectivity index (χ4v) is 6.22. The van der Waals surface area contributed by atoms with Crippen LogP contribution in [0.25, 0.3) is 0 Å². The number of nitrogens with one attached hydrogen (secondary N) is 1. The summed E-state index contributed by atoms with van der Waals surface area (Å²) in [6.07, 6.45) is 5.25. The molecule has 0 saturated heterocycles. The molecule has 0 spiro atoms. The maximum absolute atomic E-state index is 12.8. The van der Waals surface area contributed by atoms with E-state index in [1.165, 1.54) is 24.7 Å². The van der Waals surface area contributed by atoms with Crippen LogP contribution in [0.4, 0.5) is 5.82 Å². The quantitative estimate of drug-likeness (QED) is 0.457. The number of sulfonamides is 1. The van der Waals surface area contributed by atoms with Gasteiger partial charge < -0.3 is 9.64 Å². The minimum Gasteiger partial charge on any atom is -0.473 e. The lowest BCUT2D eigenvalue weighted by Gasteiger charge is -2.39. The number of nitrogens with zero attached hydrogens (tertiary/aromatic N) is 4. The zero-order valence-electron chi connectivity index (χ0n) is 19.6. The molecule has 1 aromatic carbocycles. The van der Waals surface area contributed by atoms with Crippen LogP contribution in [0.5, 0.6) is 5.88 Å². The normalized spacial score (nSPS) is 20.6. The van der Waals surface area contributed by atoms with Crippen molar-refractivity contribution in [1.82, 2.24) is 19.9 Å². The number of pyridine rings is 1. The average Bonchev–Trinajstić information content (AvgIpc) is 2.79. The third-order valence-electron chi connectivity index (χ3n) is 6.17. The summed E-state index contributed by atoms with van der Waals surface area (Å²) < 4.78 is 34.3. The van der Waals surface area contributed by atoms with Crippen molar-refractivity contribution in [2.75, 3.05) is 18.8 Å². The van der Waals surface area contributed by atoms with Crippen molar-refractivity contribution < 1.29 is 13.2 Å². The highest BCUT2D eigenvalue weighted by Gasteiger charge is 2.34. The second-order valence-corrected chi connectivity index (χ2v) is 11.4. The van der Waals surface area contributed by atoms with Crippen LogP contribution < -0.4 is 9.46 Å². The van der Waals surface area contributed by atoms with E-state index in [0.29, 0.717) is 27.5 Å². The van der Waals surface area contributed by atoms with Crippen molar-refractivity contribution in [3.63, 3.8) is 0 Å². The SMILES string of the molecule is Cc1nc(O[C@H]2CC[C@H](c3cc(Cl)cc(Cl)c3)C[C@@H]2N(C)C)ccc1S(=O)(=O)Nc1ccncn1. The van der Waals surface area contributed by atoms with Crippen molar-refractivity contribution in [1.29, 1.82) is 0 Å². The van der Waals surface area contributed by atoms with Crippen molar-refractivity contribution in [3.8, 4) is 5.88 Å². The van der Waals surface area contributed by atoms with Gasteiger partial charge in [0, 0.05) is 28.4 Å². The maximum atomic E-state index is 12.8. The molecule has 1 aliphatic rings. The molecule has 0 unspecified atom stereocenters. The Hall–Kier alpha value is -2.46. The second-order valence-electron chi connectivity index (χ2n) is 8.83.